The second kappa shape index (κ2) is 16.0. The summed E-state index contributed by atoms with van der Waals surface area (Å²) in [7, 11) is 1.59. The Morgan fingerprint density at radius 2 is 1.89 bits per heavy atom. The zero-order valence-electron chi connectivity index (χ0n) is 20.8. The van der Waals surface area contributed by atoms with Crippen LogP contribution in [0, 0.1) is 5.92 Å². The monoisotopic (exact) mass is 532 g/mol. The Morgan fingerprint density at radius 1 is 1.19 bits per heavy atom. The molecule has 0 bridgehead atoms. The molecule has 1 N–H and O–H groups in total. The van der Waals surface area contributed by atoms with E-state index in [4.69, 9.17) is 27.9 Å². The highest BCUT2D eigenvalue weighted by Crippen LogP contribution is 2.24. The number of nitrogens with zero attached hydrogens (tertiary/aromatic N) is 3. The van der Waals surface area contributed by atoms with Crippen LogP contribution in [0.15, 0.2) is 72.4 Å². The quantitative estimate of drug-likeness (QED) is 0.483. The van der Waals surface area contributed by atoms with Crippen LogP contribution in [0.4, 0.5) is 5.69 Å². The molecule has 36 heavy (non-hydrogen) atoms. The number of amides is 2. The Bertz CT molecular complexity index is 1020. The molecule has 2 aromatic rings. The maximum atomic E-state index is 12.5. The highest BCUT2D eigenvalue weighted by Gasteiger charge is 2.34. The molecule has 4 rings (SSSR count). The SMILES string of the molecule is C=CCC.COCCN1N=C2CCC(C(=O)Nc3cccc(Cl)c3)CN2CC1=O.Clc1ccccc1. The number of carbonyl (C=O) groups is 2. The van der Waals surface area contributed by atoms with Gasteiger partial charge in [0.15, 0.2) is 0 Å². The Morgan fingerprint density at radius 3 is 2.47 bits per heavy atom. The van der Waals surface area contributed by atoms with Gasteiger partial charge < -0.3 is 15.0 Å². The van der Waals surface area contributed by atoms with Crippen molar-refractivity contribution < 1.29 is 14.3 Å². The van der Waals surface area contributed by atoms with Crippen LogP contribution in [-0.4, -0.2) is 60.9 Å². The fraction of sp³-hybridized carbons (Fsp3) is 0.370. The molecule has 2 amide bonds. The number of benzene rings is 2. The predicted molar refractivity (Wildman–Crippen MR) is 147 cm³/mol. The molecule has 0 aliphatic carbocycles. The molecular weight excluding hydrogens is 499 g/mol. The first kappa shape index (κ1) is 29.4. The Balaban J connectivity index is 0.000000344. The van der Waals surface area contributed by atoms with Gasteiger partial charge in [0, 0.05) is 35.8 Å². The van der Waals surface area contributed by atoms with Gasteiger partial charge in [-0.15, -0.1) is 6.58 Å². The van der Waals surface area contributed by atoms with E-state index in [1.54, 1.807) is 31.4 Å². The van der Waals surface area contributed by atoms with Crippen molar-refractivity contribution in [2.24, 2.45) is 11.0 Å². The van der Waals surface area contributed by atoms with Crippen LogP contribution in [0.1, 0.15) is 26.2 Å². The van der Waals surface area contributed by atoms with E-state index in [1.807, 2.05) is 41.3 Å². The summed E-state index contributed by atoms with van der Waals surface area (Å²) < 4.78 is 5.00. The molecule has 2 aliphatic heterocycles. The van der Waals surface area contributed by atoms with Crippen LogP contribution >= 0.6 is 23.2 Å². The molecule has 1 fully saturated rings. The van der Waals surface area contributed by atoms with Crippen molar-refractivity contribution in [1.29, 1.82) is 0 Å². The van der Waals surface area contributed by atoms with Gasteiger partial charge in [0.25, 0.3) is 5.91 Å². The van der Waals surface area contributed by atoms with E-state index in [1.165, 1.54) is 5.01 Å². The number of halogens is 2. The third-order valence-electron chi connectivity index (χ3n) is 5.36. The summed E-state index contributed by atoms with van der Waals surface area (Å²) in [5, 5.41) is 10.1. The van der Waals surface area contributed by atoms with Gasteiger partial charge in [-0.2, -0.15) is 5.10 Å². The zero-order valence-corrected chi connectivity index (χ0v) is 22.3. The van der Waals surface area contributed by atoms with E-state index < -0.39 is 0 Å². The van der Waals surface area contributed by atoms with Crippen molar-refractivity contribution in [2.45, 2.75) is 26.2 Å². The molecule has 1 unspecified atom stereocenters. The Kier molecular flexibility index (Phi) is 13.0. The van der Waals surface area contributed by atoms with Gasteiger partial charge in [-0.25, -0.2) is 5.01 Å². The van der Waals surface area contributed by atoms with Gasteiger partial charge >= 0.3 is 0 Å². The number of methoxy groups -OCH3 is 1. The molecule has 0 aromatic heterocycles. The highest BCUT2D eigenvalue weighted by atomic mass is 35.5. The van der Waals surface area contributed by atoms with Crippen LogP contribution in [-0.2, 0) is 14.3 Å². The van der Waals surface area contributed by atoms with Crippen molar-refractivity contribution in [1.82, 2.24) is 9.91 Å². The highest BCUT2D eigenvalue weighted by molar-refractivity contribution is 6.31. The topological polar surface area (TPSA) is 74.2 Å². The summed E-state index contributed by atoms with van der Waals surface area (Å²) in [4.78, 5) is 26.6. The molecule has 1 atom stereocenters. The number of ether oxygens (including phenoxy) is 1. The van der Waals surface area contributed by atoms with E-state index in [9.17, 15) is 9.59 Å². The third kappa shape index (κ3) is 10.0. The first-order chi connectivity index (χ1) is 17.4. The number of fused-ring (bicyclic) bond motifs is 1. The summed E-state index contributed by atoms with van der Waals surface area (Å²) in [5.74, 6) is 0.547. The molecule has 194 valence electrons. The molecule has 0 radical (unpaired) electrons. The lowest BCUT2D eigenvalue weighted by Crippen LogP contribution is -2.53. The van der Waals surface area contributed by atoms with Gasteiger partial charge in [-0.3, -0.25) is 9.59 Å². The van der Waals surface area contributed by atoms with Crippen molar-refractivity contribution >= 4 is 46.5 Å². The van der Waals surface area contributed by atoms with E-state index in [-0.39, 0.29) is 24.3 Å². The number of hydrogen-bond acceptors (Lipinski definition) is 5. The standard InChI is InChI=1S/C17H21ClN4O3.C6H5Cl.C4H8/c1-25-8-7-22-16(23)11-21-10-12(5-6-15(21)20-22)17(24)19-14-4-2-3-13(18)9-14;7-6-4-2-1-3-5-6;1-3-4-2/h2-4,9,12H,5-8,10-11H2,1H3,(H,19,24);1-5H;3H,1,4H2,2H3. The summed E-state index contributed by atoms with van der Waals surface area (Å²) in [6.07, 6.45) is 4.33. The summed E-state index contributed by atoms with van der Waals surface area (Å²) in [6.45, 7) is 7.19. The predicted octanol–water partition coefficient (Wildman–Crippen LogP) is 5.72. The van der Waals surface area contributed by atoms with Gasteiger partial charge in [-0.05, 0) is 43.2 Å². The molecule has 0 saturated carbocycles. The molecule has 0 spiro atoms. The molecule has 2 aliphatic rings. The number of amidine groups is 1. The van der Waals surface area contributed by atoms with E-state index in [0.29, 0.717) is 43.2 Å². The molecule has 9 heteroatoms. The van der Waals surface area contributed by atoms with Crippen molar-refractivity contribution in [3.8, 4) is 0 Å². The average Bonchev–Trinajstić information content (AvgIpc) is 2.88. The van der Waals surface area contributed by atoms with E-state index >= 15 is 0 Å². The fourth-order valence-corrected chi connectivity index (χ4v) is 3.76. The zero-order chi connectivity index (χ0) is 26.3. The number of nitrogens with one attached hydrogen (secondary N) is 1. The second-order valence-electron chi connectivity index (χ2n) is 8.13. The lowest BCUT2D eigenvalue weighted by Gasteiger charge is -2.38. The summed E-state index contributed by atoms with van der Waals surface area (Å²) >= 11 is 11.5. The number of piperidine rings is 1. The first-order valence-corrected chi connectivity index (χ1v) is 12.6. The third-order valence-corrected chi connectivity index (χ3v) is 5.85. The minimum Gasteiger partial charge on any atom is -0.383 e. The smallest absolute Gasteiger partial charge is 0.262 e. The minimum absolute atomic E-state index is 0.0596. The lowest BCUT2D eigenvalue weighted by atomic mass is 9.95. The van der Waals surface area contributed by atoms with Crippen LogP contribution in [0.2, 0.25) is 10.0 Å². The molecule has 7 nitrogen and oxygen atoms in total. The molecule has 1 saturated heterocycles. The van der Waals surface area contributed by atoms with Gasteiger partial charge in [0.05, 0.1) is 19.1 Å². The van der Waals surface area contributed by atoms with Crippen molar-refractivity contribution in [3.63, 3.8) is 0 Å². The number of anilines is 1. The van der Waals surface area contributed by atoms with Crippen molar-refractivity contribution in [3.05, 3.63) is 77.3 Å². The largest absolute Gasteiger partial charge is 0.383 e. The average molecular weight is 534 g/mol. The Hall–Kier alpha value is -2.87. The van der Waals surface area contributed by atoms with Crippen LogP contribution in [0.5, 0.6) is 0 Å². The maximum absolute atomic E-state index is 12.5. The number of hydrazone groups is 1. The normalized spacial score (nSPS) is 16.4. The number of rotatable bonds is 6. The lowest BCUT2D eigenvalue weighted by molar-refractivity contribution is -0.134. The van der Waals surface area contributed by atoms with E-state index in [2.05, 4.69) is 23.9 Å². The Labute approximate surface area is 223 Å². The summed E-state index contributed by atoms with van der Waals surface area (Å²) in [5.41, 5.74) is 0.678. The second-order valence-corrected chi connectivity index (χ2v) is 9.01. The van der Waals surface area contributed by atoms with Crippen LogP contribution in [0.25, 0.3) is 0 Å². The fourth-order valence-electron chi connectivity index (χ4n) is 3.42. The number of carbonyl (C=O) groups excluding carboxylic acids is 2. The van der Waals surface area contributed by atoms with Crippen LogP contribution in [0.3, 0.4) is 0 Å². The summed E-state index contributed by atoms with van der Waals surface area (Å²) in [6, 6.07) is 16.5. The van der Waals surface area contributed by atoms with Gasteiger partial charge in [0.1, 0.15) is 12.4 Å². The van der Waals surface area contributed by atoms with E-state index in [0.717, 1.165) is 17.3 Å². The van der Waals surface area contributed by atoms with Crippen LogP contribution < -0.4 is 5.32 Å². The van der Waals surface area contributed by atoms with Gasteiger partial charge in [-0.1, -0.05) is 60.5 Å². The number of hydrogen-bond donors (Lipinski definition) is 1. The van der Waals surface area contributed by atoms with Crippen molar-refractivity contribution in [2.75, 3.05) is 38.7 Å². The minimum atomic E-state index is -0.184. The first-order valence-electron chi connectivity index (χ1n) is 11.9. The molecule has 2 aromatic carbocycles. The van der Waals surface area contributed by atoms with Gasteiger partial charge in [0.2, 0.25) is 5.91 Å². The number of allylic oxidation sites excluding steroid dienone is 1. The molecular formula is C27H34Cl2N4O3. The molecule has 2 heterocycles. The maximum Gasteiger partial charge on any atom is 0.262 e.